The molecule has 41 heavy (non-hydrogen) atoms. The molecule has 204 valence electrons. The van der Waals surface area contributed by atoms with Gasteiger partial charge in [0.1, 0.15) is 5.25 Å². The second-order valence-electron chi connectivity index (χ2n) is 9.09. The fraction of sp³-hybridized carbons (Fsp3) is 0.0645. The molecule has 4 aromatic carbocycles. The van der Waals surface area contributed by atoms with Gasteiger partial charge in [0, 0.05) is 39.2 Å². The first-order valence-electron chi connectivity index (χ1n) is 12.6. The molecular formula is C31H24N4O4S2. The zero-order valence-electron chi connectivity index (χ0n) is 21.8. The Morgan fingerprint density at radius 2 is 1.66 bits per heavy atom. The summed E-state index contributed by atoms with van der Waals surface area (Å²) in [5.74, 6) is -0.696. The van der Waals surface area contributed by atoms with Crippen molar-refractivity contribution in [1.82, 2.24) is 4.98 Å². The third kappa shape index (κ3) is 7.05. The number of benzene rings is 4. The van der Waals surface area contributed by atoms with E-state index in [1.807, 2.05) is 73.0 Å². The van der Waals surface area contributed by atoms with Gasteiger partial charge in [0.25, 0.3) is 11.6 Å². The predicted molar refractivity (Wildman–Crippen MR) is 163 cm³/mol. The standard InChI is InChI=1S/C31H24N4O4S2/c1-20-13-15-21(16-14-20)27-19-40-31(33-27)34-30(37)28(22-7-3-2-4-8-22)41-26-12-6-10-24(18-26)32-29(36)23-9-5-11-25(17-23)35(38)39/h2-19,28H,1H3,(H,32,36)(H,33,34,37). The fourth-order valence-electron chi connectivity index (χ4n) is 4.01. The van der Waals surface area contributed by atoms with Crippen LogP contribution in [0, 0.1) is 17.0 Å². The first-order valence-corrected chi connectivity index (χ1v) is 14.3. The molecule has 0 radical (unpaired) electrons. The van der Waals surface area contributed by atoms with E-state index in [0.29, 0.717) is 10.8 Å². The number of hydrogen-bond acceptors (Lipinski definition) is 7. The Morgan fingerprint density at radius 3 is 2.41 bits per heavy atom. The third-order valence-corrected chi connectivity index (χ3v) is 8.09. The molecule has 0 aliphatic rings. The monoisotopic (exact) mass is 580 g/mol. The lowest BCUT2D eigenvalue weighted by molar-refractivity contribution is -0.384. The number of nitro groups is 1. The van der Waals surface area contributed by atoms with Crippen LogP contribution >= 0.6 is 23.1 Å². The number of thiazole rings is 1. The molecule has 0 fully saturated rings. The van der Waals surface area contributed by atoms with Gasteiger partial charge in [-0.15, -0.1) is 23.1 Å². The highest BCUT2D eigenvalue weighted by Crippen LogP contribution is 2.38. The van der Waals surface area contributed by atoms with Crippen LogP contribution in [0.4, 0.5) is 16.5 Å². The van der Waals surface area contributed by atoms with Gasteiger partial charge in [0.05, 0.1) is 10.6 Å². The zero-order chi connectivity index (χ0) is 28.8. The Bertz CT molecular complexity index is 1710. The van der Waals surface area contributed by atoms with Crippen LogP contribution in [0.25, 0.3) is 11.3 Å². The van der Waals surface area contributed by atoms with Crippen molar-refractivity contribution in [3.8, 4) is 11.3 Å². The molecule has 1 aromatic heterocycles. The van der Waals surface area contributed by atoms with Gasteiger partial charge in [0.2, 0.25) is 5.91 Å². The van der Waals surface area contributed by atoms with Gasteiger partial charge in [-0.05, 0) is 36.8 Å². The number of carbonyl (C=O) groups excluding carboxylic acids is 2. The summed E-state index contributed by atoms with van der Waals surface area (Å²) in [6.45, 7) is 2.03. The van der Waals surface area contributed by atoms with E-state index >= 15 is 0 Å². The van der Waals surface area contributed by atoms with Crippen LogP contribution in [0.5, 0.6) is 0 Å². The van der Waals surface area contributed by atoms with E-state index in [1.165, 1.54) is 47.4 Å². The number of aromatic nitrogens is 1. The van der Waals surface area contributed by atoms with E-state index < -0.39 is 16.1 Å². The number of nitrogens with zero attached hydrogens (tertiary/aromatic N) is 2. The first kappa shape index (κ1) is 27.8. The highest BCUT2D eigenvalue weighted by molar-refractivity contribution is 8.00. The summed E-state index contributed by atoms with van der Waals surface area (Å²) < 4.78 is 0. The Kier molecular flexibility index (Phi) is 8.52. The summed E-state index contributed by atoms with van der Waals surface area (Å²) in [4.78, 5) is 42.2. The lowest BCUT2D eigenvalue weighted by Gasteiger charge is -2.17. The Labute approximate surface area is 244 Å². The number of anilines is 2. The molecule has 1 unspecified atom stereocenters. The van der Waals surface area contributed by atoms with E-state index in [2.05, 4.69) is 15.6 Å². The molecule has 2 amide bonds. The van der Waals surface area contributed by atoms with Crippen molar-refractivity contribution in [2.45, 2.75) is 17.1 Å². The smallest absolute Gasteiger partial charge is 0.270 e. The summed E-state index contributed by atoms with van der Waals surface area (Å²) in [6, 6.07) is 30.2. The quantitative estimate of drug-likeness (QED) is 0.105. The Balaban J connectivity index is 1.33. The number of aryl methyl sites for hydroxylation is 1. The van der Waals surface area contributed by atoms with Crippen molar-refractivity contribution < 1.29 is 14.5 Å². The van der Waals surface area contributed by atoms with Gasteiger partial charge in [-0.25, -0.2) is 4.98 Å². The highest BCUT2D eigenvalue weighted by atomic mass is 32.2. The molecule has 0 spiro atoms. The number of nitro benzene ring substituents is 1. The topological polar surface area (TPSA) is 114 Å². The van der Waals surface area contributed by atoms with E-state index in [-0.39, 0.29) is 17.2 Å². The molecule has 5 rings (SSSR count). The van der Waals surface area contributed by atoms with E-state index in [0.717, 1.165) is 27.3 Å². The van der Waals surface area contributed by atoms with Crippen molar-refractivity contribution in [1.29, 1.82) is 0 Å². The molecule has 1 atom stereocenters. The molecule has 8 nitrogen and oxygen atoms in total. The first-order chi connectivity index (χ1) is 19.9. The van der Waals surface area contributed by atoms with Gasteiger partial charge >= 0.3 is 0 Å². The number of thioether (sulfide) groups is 1. The predicted octanol–water partition coefficient (Wildman–Crippen LogP) is 7.75. The van der Waals surface area contributed by atoms with Crippen molar-refractivity contribution in [2.24, 2.45) is 0 Å². The minimum Gasteiger partial charge on any atom is -0.322 e. The molecule has 0 saturated heterocycles. The minimum absolute atomic E-state index is 0.162. The minimum atomic E-state index is -0.592. The molecule has 0 aliphatic carbocycles. The third-order valence-electron chi connectivity index (χ3n) is 6.09. The summed E-state index contributed by atoms with van der Waals surface area (Å²) >= 11 is 2.71. The number of nitrogens with one attached hydrogen (secondary N) is 2. The second-order valence-corrected chi connectivity index (χ2v) is 11.1. The van der Waals surface area contributed by atoms with Gasteiger partial charge in [-0.3, -0.25) is 19.7 Å². The van der Waals surface area contributed by atoms with Crippen LogP contribution in [-0.2, 0) is 4.79 Å². The SMILES string of the molecule is Cc1ccc(-c2csc(NC(=O)C(Sc3cccc(NC(=O)c4cccc([N+](=O)[O-])c4)c3)c3ccccc3)n2)cc1. The molecule has 0 bridgehead atoms. The average Bonchev–Trinajstić information content (AvgIpc) is 3.45. The van der Waals surface area contributed by atoms with Crippen LogP contribution < -0.4 is 10.6 Å². The van der Waals surface area contributed by atoms with Crippen LogP contribution in [0.15, 0.2) is 113 Å². The lowest BCUT2D eigenvalue weighted by Crippen LogP contribution is -2.19. The summed E-state index contributed by atoms with van der Waals surface area (Å²) in [5, 5.41) is 18.7. The molecule has 5 aromatic rings. The fourth-order valence-corrected chi connectivity index (χ4v) is 5.81. The van der Waals surface area contributed by atoms with Gasteiger partial charge in [0.15, 0.2) is 5.13 Å². The van der Waals surface area contributed by atoms with Crippen LogP contribution in [0.2, 0.25) is 0 Å². The molecule has 0 saturated carbocycles. The van der Waals surface area contributed by atoms with Crippen LogP contribution in [0.3, 0.4) is 0 Å². The van der Waals surface area contributed by atoms with Crippen LogP contribution in [0.1, 0.15) is 26.7 Å². The lowest BCUT2D eigenvalue weighted by atomic mass is 10.1. The number of amides is 2. The average molecular weight is 581 g/mol. The Hall–Kier alpha value is -4.80. The number of non-ortho nitro benzene ring substituents is 1. The summed E-state index contributed by atoms with van der Waals surface area (Å²) in [7, 11) is 0. The van der Waals surface area contributed by atoms with E-state index in [4.69, 9.17) is 0 Å². The maximum Gasteiger partial charge on any atom is 0.270 e. The van der Waals surface area contributed by atoms with Gasteiger partial charge in [-0.1, -0.05) is 72.3 Å². The summed E-state index contributed by atoms with van der Waals surface area (Å²) in [5.41, 5.74) is 4.26. The van der Waals surface area contributed by atoms with Crippen molar-refractivity contribution in [3.63, 3.8) is 0 Å². The second kappa shape index (κ2) is 12.6. The molecule has 10 heteroatoms. The molecule has 2 N–H and O–H groups in total. The van der Waals surface area contributed by atoms with E-state index in [9.17, 15) is 19.7 Å². The largest absolute Gasteiger partial charge is 0.322 e. The number of hydrogen-bond donors (Lipinski definition) is 2. The van der Waals surface area contributed by atoms with Crippen molar-refractivity contribution >= 4 is 51.4 Å². The number of carbonyl (C=O) groups is 2. The van der Waals surface area contributed by atoms with Gasteiger partial charge in [-0.2, -0.15) is 0 Å². The molecular weight excluding hydrogens is 556 g/mol. The van der Waals surface area contributed by atoms with Crippen molar-refractivity contribution in [2.75, 3.05) is 10.6 Å². The Morgan fingerprint density at radius 1 is 0.902 bits per heavy atom. The molecule has 0 aliphatic heterocycles. The normalized spacial score (nSPS) is 11.4. The molecule has 1 heterocycles. The van der Waals surface area contributed by atoms with E-state index in [1.54, 1.807) is 18.2 Å². The maximum absolute atomic E-state index is 13.6. The zero-order valence-corrected chi connectivity index (χ0v) is 23.4. The number of rotatable bonds is 9. The van der Waals surface area contributed by atoms with Crippen molar-refractivity contribution in [3.05, 3.63) is 135 Å². The highest BCUT2D eigenvalue weighted by Gasteiger charge is 2.23. The summed E-state index contributed by atoms with van der Waals surface area (Å²) in [6.07, 6.45) is 0. The maximum atomic E-state index is 13.6. The van der Waals surface area contributed by atoms with Gasteiger partial charge < -0.3 is 10.6 Å². The van der Waals surface area contributed by atoms with Crippen LogP contribution in [-0.4, -0.2) is 21.7 Å².